The normalized spacial score (nSPS) is 11.4. The summed E-state index contributed by atoms with van der Waals surface area (Å²) in [5.74, 6) is -1.40. The molecule has 27 heavy (non-hydrogen) atoms. The highest BCUT2D eigenvalue weighted by Gasteiger charge is 2.21. The van der Waals surface area contributed by atoms with Gasteiger partial charge in [0.05, 0.1) is 11.2 Å². The minimum atomic E-state index is -3.67. The zero-order valence-electron chi connectivity index (χ0n) is 14.1. The lowest BCUT2D eigenvalue weighted by Crippen LogP contribution is -2.25. The highest BCUT2D eigenvalue weighted by atomic mass is 35.5. The van der Waals surface area contributed by atoms with Crippen molar-refractivity contribution in [1.29, 1.82) is 0 Å². The largest absolute Gasteiger partial charge is 0.348 e. The molecule has 0 fully saturated rings. The van der Waals surface area contributed by atoms with Crippen LogP contribution in [0.5, 0.6) is 0 Å². The van der Waals surface area contributed by atoms with E-state index >= 15 is 0 Å². The molecule has 0 radical (unpaired) electrons. The molecule has 1 aromatic carbocycles. The molecule has 1 N–H and O–H groups in total. The van der Waals surface area contributed by atoms with Gasteiger partial charge in [-0.05, 0) is 30.7 Å². The van der Waals surface area contributed by atoms with E-state index in [9.17, 15) is 13.2 Å². The third-order valence-corrected chi connectivity index (χ3v) is 5.47. The van der Waals surface area contributed by atoms with Crippen molar-refractivity contribution in [2.24, 2.45) is 0 Å². The summed E-state index contributed by atoms with van der Waals surface area (Å²) < 4.78 is 31.4. The van der Waals surface area contributed by atoms with E-state index in [1.807, 2.05) is 10.8 Å². The maximum absolute atomic E-state index is 12.3. The van der Waals surface area contributed by atoms with E-state index in [2.05, 4.69) is 20.4 Å². The number of nitrogens with one attached hydrogen (secondary N) is 1. The Bertz CT molecular complexity index is 1000. The van der Waals surface area contributed by atoms with Crippen molar-refractivity contribution in [3.8, 4) is 0 Å². The summed E-state index contributed by atoms with van der Waals surface area (Å²) in [7, 11) is -3.67. The van der Waals surface area contributed by atoms with Crippen LogP contribution < -0.4 is 5.32 Å². The number of imidazole rings is 1. The minimum Gasteiger partial charge on any atom is -0.348 e. The van der Waals surface area contributed by atoms with E-state index in [1.54, 1.807) is 12.5 Å². The van der Waals surface area contributed by atoms with Gasteiger partial charge >= 0.3 is 11.8 Å². The molecule has 0 saturated carbocycles. The molecule has 11 heteroatoms. The number of hydrogen-bond acceptors (Lipinski definition) is 7. The second-order valence-electron chi connectivity index (χ2n) is 5.64. The van der Waals surface area contributed by atoms with E-state index in [0.29, 0.717) is 24.5 Å². The fraction of sp³-hybridized carbons (Fsp3) is 0.250. The maximum Gasteiger partial charge on any atom is 0.315 e. The summed E-state index contributed by atoms with van der Waals surface area (Å²) in [4.78, 5) is 19.9. The van der Waals surface area contributed by atoms with Crippen LogP contribution in [0.15, 0.2) is 52.4 Å². The lowest BCUT2D eigenvalue weighted by atomic mass is 10.4. The first-order valence-electron chi connectivity index (χ1n) is 7.99. The number of carbonyl (C=O) groups excluding carboxylic acids is 1. The van der Waals surface area contributed by atoms with Crippen LogP contribution >= 0.6 is 11.6 Å². The topological polar surface area (TPSA) is 120 Å². The monoisotopic (exact) mass is 409 g/mol. The van der Waals surface area contributed by atoms with E-state index < -0.39 is 21.5 Å². The molecule has 0 atom stereocenters. The van der Waals surface area contributed by atoms with Crippen molar-refractivity contribution in [2.45, 2.75) is 23.6 Å². The molecule has 0 aliphatic heterocycles. The predicted octanol–water partition coefficient (Wildman–Crippen LogP) is 1.71. The maximum atomic E-state index is 12.3. The Morgan fingerprint density at radius 1 is 1.26 bits per heavy atom. The SMILES string of the molecule is O=C(NCCCn1ccnc1)c1nc(CS(=O)(=O)c2ccc(Cl)cc2)no1. The van der Waals surface area contributed by atoms with Gasteiger partial charge in [0.15, 0.2) is 15.7 Å². The van der Waals surface area contributed by atoms with Gasteiger partial charge in [-0.1, -0.05) is 16.8 Å². The average Bonchev–Trinajstić information content (AvgIpc) is 3.30. The number of benzene rings is 1. The fourth-order valence-electron chi connectivity index (χ4n) is 2.26. The molecule has 0 bridgehead atoms. The van der Waals surface area contributed by atoms with Crippen molar-refractivity contribution in [3.63, 3.8) is 0 Å². The second-order valence-corrected chi connectivity index (χ2v) is 8.06. The lowest BCUT2D eigenvalue weighted by molar-refractivity contribution is 0.0909. The van der Waals surface area contributed by atoms with Gasteiger partial charge in [-0.15, -0.1) is 0 Å². The van der Waals surface area contributed by atoms with Gasteiger partial charge < -0.3 is 14.4 Å². The van der Waals surface area contributed by atoms with Gasteiger partial charge in [-0.25, -0.2) is 13.4 Å². The molecule has 0 saturated heterocycles. The first-order chi connectivity index (χ1) is 12.9. The molecule has 2 aromatic heterocycles. The van der Waals surface area contributed by atoms with Crippen LogP contribution in [-0.4, -0.2) is 40.6 Å². The summed E-state index contributed by atoms with van der Waals surface area (Å²) in [6.07, 6.45) is 5.88. The molecule has 1 amide bonds. The molecule has 0 aliphatic rings. The molecule has 9 nitrogen and oxygen atoms in total. The number of nitrogens with zero attached hydrogens (tertiary/aromatic N) is 4. The smallest absolute Gasteiger partial charge is 0.315 e. The quantitative estimate of drug-likeness (QED) is 0.562. The van der Waals surface area contributed by atoms with E-state index in [-0.39, 0.29) is 16.6 Å². The van der Waals surface area contributed by atoms with Crippen LogP contribution in [0.25, 0.3) is 0 Å². The Hall–Kier alpha value is -2.72. The van der Waals surface area contributed by atoms with Gasteiger partial charge in [-0.2, -0.15) is 4.98 Å². The third kappa shape index (κ3) is 5.14. The fourth-order valence-corrected chi connectivity index (χ4v) is 3.56. The number of amides is 1. The van der Waals surface area contributed by atoms with Gasteiger partial charge in [0.1, 0.15) is 5.75 Å². The van der Waals surface area contributed by atoms with Crippen LogP contribution in [0.2, 0.25) is 5.02 Å². The van der Waals surface area contributed by atoms with Crippen molar-refractivity contribution in [3.05, 3.63) is 59.7 Å². The second kappa shape index (κ2) is 8.31. The van der Waals surface area contributed by atoms with Crippen molar-refractivity contribution in [1.82, 2.24) is 25.0 Å². The molecule has 3 aromatic rings. The van der Waals surface area contributed by atoms with Gasteiger partial charge in [-0.3, -0.25) is 4.79 Å². The standard InChI is InChI=1S/C16H16ClN5O4S/c17-12-2-4-13(5-3-12)27(24,25)10-14-20-16(26-21-14)15(23)19-6-1-8-22-9-7-18-11-22/h2-5,7,9,11H,1,6,8,10H2,(H,19,23). The average molecular weight is 410 g/mol. The van der Waals surface area contributed by atoms with Crippen molar-refractivity contribution >= 4 is 27.3 Å². The van der Waals surface area contributed by atoms with Crippen LogP contribution in [0.3, 0.4) is 0 Å². The highest BCUT2D eigenvalue weighted by molar-refractivity contribution is 7.90. The zero-order valence-corrected chi connectivity index (χ0v) is 15.7. The highest BCUT2D eigenvalue weighted by Crippen LogP contribution is 2.18. The summed E-state index contributed by atoms with van der Waals surface area (Å²) >= 11 is 5.76. The molecule has 2 heterocycles. The van der Waals surface area contributed by atoms with E-state index in [4.69, 9.17) is 16.1 Å². The molecular formula is C16H16ClN5O4S. The van der Waals surface area contributed by atoms with E-state index in [1.165, 1.54) is 24.3 Å². The molecular weight excluding hydrogens is 394 g/mol. The van der Waals surface area contributed by atoms with Gasteiger partial charge in [0, 0.05) is 30.5 Å². The minimum absolute atomic E-state index is 0.0854. The molecule has 142 valence electrons. The van der Waals surface area contributed by atoms with Crippen LogP contribution in [0.1, 0.15) is 22.9 Å². The Balaban J connectivity index is 1.54. The number of carbonyl (C=O) groups is 1. The van der Waals surface area contributed by atoms with Gasteiger partial charge in [0.25, 0.3) is 0 Å². The first kappa shape index (κ1) is 19.1. The molecule has 0 spiro atoms. The summed E-state index contributed by atoms with van der Waals surface area (Å²) in [5, 5.41) is 6.64. The Kier molecular flexibility index (Phi) is 5.87. The molecule has 0 aliphatic carbocycles. The molecule has 3 rings (SSSR count). The Morgan fingerprint density at radius 3 is 2.74 bits per heavy atom. The van der Waals surface area contributed by atoms with Crippen molar-refractivity contribution < 1.29 is 17.7 Å². The van der Waals surface area contributed by atoms with E-state index in [0.717, 1.165) is 0 Å². The number of halogens is 1. The Morgan fingerprint density at radius 2 is 2.04 bits per heavy atom. The number of hydrogen-bond donors (Lipinski definition) is 1. The number of aryl methyl sites for hydroxylation is 1. The van der Waals surface area contributed by atoms with Crippen LogP contribution in [0, 0.1) is 0 Å². The zero-order chi connectivity index (χ0) is 19.3. The van der Waals surface area contributed by atoms with Crippen LogP contribution in [-0.2, 0) is 22.1 Å². The summed E-state index contributed by atoms with van der Waals surface area (Å²) in [6, 6.07) is 5.75. The number of aromatic nitrogens is 4. The van der Waals surface area contributed by atoms with Crippen LogP contribution in [0.4, 0.5) is 0 Å². The Labute approximate surface area is 160 Å². The lowest BCUT2D eigenvalue weighted by Gasteiger charge is -2.03. The summed E-state index contributed by atoms with van der Waals surface area (Å²) in [6.45, 7) is 1.10. The predicted molar refractivity (Wildman–Crippen MR) is 95.8 cm³/mol. The number of rotatable bonds is 8. The van der Waals surface area contributed by atoms with Crippen molar-refractivity contribution in [2.75, 3.05) is 6.54 Å². The number of sulfone groups is 1. The first-order valence-corrected chi connectivity index (χ1v) is 10.0. The third-order valence-electron chi connectivity index (χ3n) is 3.59. The summed E-state index contributed by atoms with van der Waals surface area (Å²) in [5.41, 5.74) is 0. The van der Waals surface area contributed by atoms with Gasteiger partial charge in [0.2, 0.25) is 0 Å². The molecule has 0 unspecified atom stereocenters.